The lowest BCUT2D eigenvalue weighted by Crippen LogP contribution is -2.20. The van der Waals surface area contributed by atoms with Crippen molar-refractivity contribution in [2.75, 3.05) is 13.7 Å². The van der Waals surface area contributed by atoms with Crippen LogP contribution in [0.5, 0.6) is 5.75 Å². The number of hydrogen-bond donors (Lipinski definition) is 2. The summed E-state index contributed by atoms with van der Waals surface area (Å²) < 4.78 is 6.71. The van der Waals surface area contributed by atoms with Gasteiger partial charge in [-0.25, -0.2) is 4.68 Å². The van der Waals surface area contributed by atoms with E-state index in [4.69, 9.17) is 10.5 Å². The van der Waals surface area contributed by atoms with Crippen molar-refractivity contribution in [3.8, 4) is 5.75 Å². The van der Waals surface area contributed by atoms with Crippen LogP contribution in [0.1, 0.15) is 17.5 Å². The fraction of sp³-hybridized carbons (Fsp3) is 0.357. The van der Waals surface area contributed by atoms with Gasteiger partial charge in [0.2, 0.25) is 0 Å². The first-order valence-electron chi connectivity index (χ1n) is 6.34. The van der Waals surface area contributed by atoms with Crippen molar-refractivity contribution < 1.29 is 4.74 Å². The minimum absolute atomic E-state index is 0.0317. The predicted molar refractivity (Wildman–Crippen MR) is 74.5 cm³/mol. The van der Waals surface area contributed by atoms with Crippen molar-refractivity contribution >= 4 is 0 Å². The second-order valence-corrected chi connectivity index (χ2v) is 4.43. The summed E-state index contributed by atoms with van der Waals surface area (Å²) in [6.07, 6.45) is 3.32. The molecule has 0 saturated carbocycles. The predicted octanol–water partition coefficient (Wildman–Crippen LogP) is 1.12. The Kier molecular flexibility index (Phi) is 4.41. The van der Waals surface area contributed by atoms with E-state index >= 15 is 0 Å². The lowest BCUT2D eigenvalue weighted by molar-refractivity contribution is 0.414. The first kappa shape index (κ1) is 13.4. The third kappa shape index (κ3) is 3.26. The lowest BCUT2D eigenvalue weighted by Gasteiger charge is -2.04. The molecule has 0 unspecified atom stereocenters. The fourth-order valence-corrected chi connectivity index (χ4v) is 1.95. The van der Waals surface area contributed by atoms with Gasteiger partial charge in [0.1, 0.15) is 5.75 Å². The molecule has 0 aliphatic carbocycles. The molecule has 19 heavy (non-hydrogen) atoms. The van der Waals surface area contributed by atoms with Gasteiger partial charge in [-0.2, -0.15) is 0 Å². The Bertz CT molecular complexity index is 569. The summed E-state index contributed by atoms with van der Waals surface area (Å²) >= 11 is 0. The molecule has 1 aromatic heterocycles. The van der Waals surface area contributed by atoms with Crippen LogP contribution in [0.3, 0.4) is 0 Å². The largest absolute Gasteiger partial charge is 0.497 e. The van der Waals surface area contributed by atoms with Crippen LogP contribution in [-0.2, 0) is 13.0 Å². The van der Waals surface area contributed by atoms with Crippen LogP contribution in [0.25, 0.3) is 0 Å². The van der Waals surface area contributed by atoms with Gasteiger partial charge in [0.15, 0.2) is 0 Å². The van der Waals surface area contributed by atoms with Gasteiger partial charge >= 0.3 is 0 Å². The van der Waals surface area contributed by atoms with E-state index in [1.54, 1.807) is 18.0 Å². The van der Waals surface area contributed by atoms with Gasteiger partial charge in [-0.3, -0.25) is 4.79 Å². The van der Waals surface area contributed by atoms with E-state index in [-0.39, 0.29) is 5.56 Å². The number of nitrogens with two attached hydrogens (primary N) is 1. The molecule has 0 spiro atoms. The number of ether oxygens (including phenoxy) is 1. The maximum Gasteiger partial charge on any atom is 0.269 e. The van der Waals surface area contributed by atoms with E-state index in [2.05, 4.69) is 5.10 Å². The molecular weight excluding hydrogens is 242 g/mol. The van der Waals surface area contributed by atoms with Crippen molar-refractivity contribution in [1.82, 2.24) is 9.78 Å². The zero-order chi connectivity index (χ0) is 13.7. The van der Waals surface area contributed by atoms with Crippen molar-refractivity contribution in [2.45, 2.75) is 19.4 Å². The highest BCUT2D eigenvalue weighted by atomic mass is 16.5. The standard InChI is InChI=1S/C14H19N3O2/c1-19-13-6-4-11(5-7-13)10-17-14(18)12(9-16-17)3-2-8-15/h4-7,9,16H,2-3,8,10,15H2,1H3. The highest BCUT2D eigenvalue weighted by molar-refractivity contribution is 5.27. The minimum atomic E-state index is 0.0317. The Morgan fingerprint density at radius 3 is 2.68 bits per heavy atom. The van der Waals surface area contributed by atoms with E-state index < -0.39 is 0 Å². The highest BCUT2D eigenvalue weighted by Gasteiger charge is 2.06. The third-order valence-corrected chi connectivity index (χ3v) is 3.06. The van der Waals surface area contributed by atoms with Crippen LogP contribution in [0.15, 0.2) is 35.3 Å². The van der Waals surface area contributed by atoms with E-state index in [9.17, 15) is 4.79 Å². The molecular formula is C14H19N3O2. The lowest BCUT2D eigenvalue weighted by atomic mass is 10.2. The zero-order valence-corrected chi connectivity index (χ0v) is 11.1. The number of nitrogens with one attached hydrogen (secondary N) is 1. The number of aryl methyl sites for hydroxylation is 1. The first-order chi connectivity index (χ1) is 9.24. The second-order valence-electron chi connectivity index (χ2n) is 4.43. The van der Waals surface area contributed by atoms with Crippen LogP contribution in [0, 0.1) is 0 Å². The van der Waals surface area contributed by atoms with Crippen LogP contribution >= 0.6 is 0 Å². The van der Waals surface area contributed by atoms with Crippen molar-refractivity contribution in [2.24, 2.45) is 5.73 Å². The summed E-state index contributed by atoms with van der Waals surface area (Å²) in [5.41, 5.74) is 7.33. The third-order valence-electron chi connectivity index (χ3n) is 3.06. The SMILES string of the molecule is COc1ccc(Cn2[nH]cc(CCCN)c2=O)cc1. The first-order valence-corrected chi connectivity index (χ1v) is 6.34. The van der Waals surface area contributed by atoms with E-state index in [0.717, 1.165) is 29.7 Å². The van der Waals surface area contributed by atoms with Gasteiger partial charge in [0.25, 0.3) is 5.56 Å². The quantitative estimate of drug-likeness (QED) is 0.818. The van der Waals surface area contributed by atoms with Crippen LogP contribution < -0.4 is 16.0 Å². The fourth-order valence-electron chi connectivity index (χ4n) is 1.95. The Morgan fingerprint density at radius 2 is 2.05 bits per heavy atom. The zero-order valence-electron chi connectivity index (χ0n) is 11.1. The molecule has 102 valence electrons. The van der Waals surface area contributed by atoms with E-state index in [0.29, 0.717) is 13.1 Å². The number of methoxy groups -OCH3 is 1. The summed E-state index contributed by atoms with van der Waals surface area (Å²) in [5, 5.41) is 2.99. The number of H-pyrrole nitrogens is 1. The normalized spacial score (nSPS) is 10.6. The molecule has 0 atom stereocenters. The molecule has 2 rings (SSSR count). The average molecular weight is 261 g/mol. The molecule has 0 amide bonds. The van der Waals surface area contributed by atoms with Crippen LogP contribution in [-0.4, -0.2) is 23.4 Å². The number of rotatable bonds is 6. The Labute approximate surface area is 112 Å². The molecule has 1 heterocycles. The maximum atomic E-state index is 12.1. The molecule has 0 aliphatic rings. The monoisotopic (exact) mass is 261 g/mol. The Morgan fingerprint density at radius 1 is 1.32 bits per heavy atom. The van der Waals surface area contributed by atoms with Gasteiger partial charge in [0.05, 0.1) is 13.7 Å². The molecule has 0 saturated heterocycles. The Hall–Kier alpha value is -2.01. The second kappa shape index (κ2) is 6.24. The van der Waals surface area contributed by atoms with Gasteiger partial charge in [0, 0.05) is 11.8 Å². The number of aromatic nitrogens is 2. The Balaban J connectivity index is 2.10. The van der Waals surface area contributed by atoms with Crippen molar-refractivity contribution in [1.29, 1.82) is 0 Å². The molecule has 0 bridgehead atoms. The van der Waals surface area contributed by atoms with Gasteiger partial charge in [-0.1, -0.05) is 12.1 Å². The molecule has 1 aromatic carbocycles. The smallest absolute Gasteiger partial charge is 0.269 e. The molecule has 5 heteroatoms. The van der Waals surface area contributed by atoms with Crippen LogP contribution in [0.4, 0.5) is 0 Å². The molecule has 2 aromatic rings. The number of nitrogens with zero attached hydrogens (tertiary/aromatic N) is 1. The van der Waals surface area contributed by atoms with Crippen LogP contribution in [0.2, 0.25) is 0 Å². The van der Waals surface area contributed by atoms with E-state index in [1.807, 2.05) is 24.3 Å². The van der Waals surface area contributed by atoms with Gasteiger partial charge < -0.3 is 15.6 Å². The number of hydrogen-bond acceptors (Lipinski definition) is 3. The maximum absolute atomic E-state index is 12.1. The average Bonchev–Trinajstić information content (AvgIpc) is 2.78. The minimum Gasteiger partial charge on any atom is -0.497 e. The van der Waals surface area contributed by atoms with Gasteiger partial charge in [-0.15, -0.1) is 0 Å². The summed E-state index contributed by atoms with van der Waals surface area (Å²) in [5.74, 6) is 0.811. The summed E-state index contributed by atoms with van der Waals surface area (Å²) in [6, 6.07) is 7.68. The highest BCUT2D eigenvalue weighted by Crippen LogP contribution is 2.11. The number of benzene rings is 1. The molecule has 0 radical (unpaired) electrons. The summed E-state index contributed by atoms with van der Waals surface area (Å²) in [6.45, 7) is 1.13. The number of aromatic amines is 1. The van der Waals surface area contributed by atoms with Gasteiger partial charge in [-0.05, 0) is 37.1 Å². The summed E-state index contributed by atoms with van der Waals surface area (Å²) in [7, 11) is 1.63. The van der Waals surface area contributed by atoms with E-state index in [1.165, 1.54) is 0 Å². The molecule has 3 N–H and O–H groups in total. The van der Waals surface area contributed by atoms with Crippen molar-refractivity contribution in [3.05, 3.63) is 51.9 Å². The summed E-state index contributed by atoms with van der Waals surface area (Å²) in [4.78, 5) is 12.1. The topological polar surface area (TPSA) is 73.0 Å². The molecule has 5 nitrogen and oxygen atoms in total. The van der Waals surface area contributed by atoms with Crippen molar-refractivity contribution in [3.63, 3.8) is 0 Å². The molecule has 0 aliphatic heterocycles. The molecule has 0 fully saturated rings.